The number of amides is 3. The lowest BCUT2D eigenvalue weighted by Crippen LogP contribution is -2.64. The Morgan fingerprint density at radius 2 is 1.67 bits per heavy atom. The Bertz CT molecular complexity index is 1820. The summed E-state index contributed by atoms with van der Waals surface area (Å²) in [5.41, 5.74) is 3.77. The van der Waals surface area contributed by atoms with Crippen molar-refractivity contribution in [3.8, 4) is 10.4 Å². The van der Waals surface area contributed by atoms with E-state index in [1.807, 2.05) is 57.5 Å². The molecule has 9 rings (SSSR count). The molecule has 2 saturated heterocycles. The van der Waals surface area contributed by atoms with Crippen LogP contribution in [0.15, 0.2) is 29.8 Å². The predicted octanol–water partition coefficient (Wildman–Crippen LogP) is 6.52. The summed E-state index contributed by atoms with van der Waals surface area (Å²) in [5.74, 6) is -1.22. The molecule has 1 aromatic carbocycles. The van der Waals surface area contributed by atoms with Crippen LogP contribution in [-0.2, 0) is 40.2 Å². The van der Waals surface area contributed by atoms with Crippen LogP contribution in [0.1, 0.15) is 128 Å². The Kier molecular flexibility index (Phi) is 11.2. The molecule has 5 aliphatic carbocycles. The van der Waals surface area contributed by atoms with Crippen LogP contribution < -0.4 is 10.6 Å². The summed E-state index contributed by atoms with van der Waals surface area (Å²) in [5, 5.41) is 16.5. The second kappa shape index (κ2) is 15.7. The minimum Gasteiger partial charge on any atom is -0.391 e. The normalized spacial score (nSPS) is 31.9. The van der Waals surface area contributed by atoms with Crippen molar-refractivity contribution >= 4 is 34.8 Å². The van der Waals surface area contributed by atoms with Gasteiger partial charge in [0.25, 0.3) is 0 Å². The summed E-state index contributed by atoms with van der Waals surface area (Å²) >= 11 is 1.58. The van der Waals surface area contributed by atoms with Crippen LogP contribution in [0.3, 0.4) is 0 Å². The summed E-state index contributed by atoms with van der Waals surface area (Å²) in [4.78, 5) is 74.0. The first-order valence-electron chi connectivity index (χ1n) is 21.3. The van der Waals surface area contributed by atoms with E-state index in [-0.39, 0.29) is 60.9 Å². The van der Waals surface area contributed by atoms with Crippen LogP contribution in [0.2, 0.25) is 0 Å². The number of aliphatic hydroxyl groups is 1. The standard InChI is InChI=1S/C44H60N4O8S/c1-27-37(57-26-46-27)30-14-12-28(13-15-30)24-45-39(52)34-20-33(49)25-48(34)40(53)38(41(2,3)4)47-36(51)11-7-6-10-35(50)42-21-29-18-31(22-42)44(32(19-29)23-42)54-43(55-56-44)16-8-5-9-17-43/h12-15,26,29,31-34,38,49H,5-11,16-25H2,1-4H3,(H,45,52)(H,47,51). The van der Waals surface area contributed by atoms with E-state index < -0.39 is 35.2 Å². The SMILES string of the molecule is Cc1ncsc1-c1ccc(CNC(=O)C2CC(O)CN2C(=O)C(NC(=O)CCCCC(=O)C23CC4CC(C2)C2(OOC5(CCCCC5)O2)C(C4)C3)C(C)(C)C)cc1. The van der Waals surface area contributed by atoms with Gasteiger partial charge < -0.3 is 25.4 Å². The van der Waals surface area contributed by atoms with Gasteiger partial charge in [0.2, 0.25) is 29.3 Å². The Morgan fingerprint density at radius 1 is 0.965 bits per heavy atom. The zero-order chi connectivity index (χ0) is 40.2. The maximum atomic E-state index is 14.1. The van der Waals surface area contributed by atoms with Gasteiger partial charge in [0, 0.05) is 62.4 Å². The van der Waals surface area contributed by atoms with Crippen molar-refractivity contribution in [2.24, 2.45) is 28.6 Å². The number of nitrogens with zero attached hydrogens (tertiary/aromatic N) is 2. The van der Waals surface area contributed by atoms with Gasteiger partial charge in [-0.3, -0.25) is 19.2 Å². The fourth-order valence-corrected chi connectivity index (χ4v) is 12.0. The molecule has 5 unspecified atom stereocenters. The molecule has 13 heteroatoms. The molecule has 57 heavy (non-hydrogen) atoms. The summed E-state index contributed by atoms with van der Waals surface area (Å²) < 4.78 is 6.81. The van der Waals surface area contributed by atoms with Gasteiger partial charge in [-0.2, -0.15) is 9.78 Å². The zero-order valence-electron chi connectivity index (χ0n) is 34.0. The van der Waals surface area contributed by atoms with Crippen molar-refractivity contribution in [3.63, 3.8) is 0 Å². The van der Waals surface area contributed by atoms with E-state index in [0.717, 1.165) is 79.5 Å². The van der Waals surface area contributed by atoms with Crippen LogP contribution in [0, 0.1) is 35.5 Å². The van der Waals surface area contributed by atoms with Crippen molar-refractivity contribution in [1.82, 2.24) is 20.5 Å². The van der Waals surface area contributed by atoms with E-state index in [2.05, 4.69) is 15.6 Å². The van der Waals surface area contributed by atoms with Gasteiger partial charge in [-0.25, -0.2) is 4.98 Å². The van der Waals surface area contributed by atoms with Crippen molar-refractivity contribution in [3.05, 3.63) is 41.0 Å². The first-order valence-corrected chi connectivity index (χ1v) is 22.2. The number of β-amino-alcohol motifs (C(OH)–C–C–N with tert-alkyl or cyclic N) is 1. The van der Waals surface area contributed by atoms with Crippen LogP contribution in [-0.4, -0.2) is 74.8 Å². The third kappa shape index (κ3) is 7.95. The molecular weight excluding hydrogens is 745 g/mol. The number of aliphatic hydroxyl groups excluding tert-OH is 1. The average Bonchev–Trinajstić information content (AvgIpc) is 3.90. The Morgan fingerprint density at radius 3 is 2.33 bits per heavy atom. The lowest BCUT2D eigenvalue weighted by molar-refractivity contribution is -0.393. The molecule has 3 N–H and O–H groups in total. The number of nitrogens with one attached hydrogen (secondary N) is 2. The van der Waals surface area contributed by atoms with Gasteiger partial charge in [-0.1, -0.05) is 51.5 Å². The van der Waals surface area contributed by atoms with Crippen molar-refractivity contribution in [1.29, 1.82) is 0 Å². The first-order chi connectivity index (χ1) is 27.2. The molecule has 4 bridgehead atoms. The largest absolute Gasteiger partial charge is 0.391 e. The number of carbonyl (C=O) groups excluding carboxylic acids is 4. The second-order valence-electron chi connectivity index (χ2n) is 19.2. The second-order valence-corrected chi connectivity index (χ2v) is 20.0. The number of ether oxygens (including phenoxy) is 1. The number of ketones is 1. The molecule has 5 saturated carbocycles. The maximum Gasteiger partial charge on any atom is 0.246 e. The van der Waals surface area contributed by atoms with E-state index in [1.54, 1.807) is 11.3 Å². The number of unbranched alkanes of at least 4 members (excludes halogenated alkanes) is 1. The highest BCUT2D eigenvalue weighted by Gasteiger charge is 2.70. The zero-order valence-corrected chi connectivity index (χ0v) is 34.8. The highest BCUT2D eigenvalue weighted by atomic mass is 32.1. The van der Waals surface area contributed by atoms with Crippen LogP contribution in [0.25, 0.3) is 10.4 Å². The number of hydrogen-bond acceptors (Lipinski definition) is 10. The van der Waals surface area contributed by atoms with E-state index in [0.29, 0.717) is 31.0 Å². The fourth-order valence-electron chi connectivity index (χ4n) is 11.2. The number of aryl methyl sites for hydroxylation is 1. The molecule has 2 aromatic rings. The van der Waals surface area contributed by atoms with E-state index >= 15 is 0 Å². The lowest BCUT2D eigenvalue weighted by Gasteiger charge is -2.61. The van der Waals surface area contributed by atoms with Crippen molar-refractivity contribution in [2.45, 2.75) is 160 Å². The molecule has 1 aromatic heterocycles. The Balaban J connectivity index is 0.821. The van der Waals surface area contributed by atoms with E-state index in [1.165, 1.54) is 11.3 Å². The highest BCUT2D eigenvalue weighted by Crippen LogP contribution is 2.68. The first kappa shape index (κ1) is 40.5. The number of Topliss-reactive ketones (excluding diaryl/α,β-unsaturated/α-hetero) is 1. The molecular formula is C44H60N4O8S. The number of carbonyl (C=O) groups is 4. The summed E-state index contributed by atoms with van der Waals surface area (Å²) in [6.07, 6.45) is 10.6. The van der Waals surface area contributed by atoms with Gasteiger partial charge in [0.15, 0.2) is 0 Å². The number of benzene rings is 1. The van der Waals surface area contributed by atoms with Gasteiger partial charge in [0.1, 0.15) is 17.9 Å². The highest BCUT2D eigenvalue weighted by molar-refractivity contribution is 7.13. The van der Waals surface area contributed by atoms with Gasteiger partial charge in [0.05, 0.1) is 22.2 Å². The number of rotatable bonds is 12. The fraction of sp³-hybridized carbons (Fsp3) is 0.705. The summed E-state index contributed by atoms with van der Waals surface area (Å²) in [6.45, 7) is 7.91. The third-order valence-corrected chi connectivity index (χ3v) is 15.0. The van der Waals surface area contributed by atoms with Gasteiger partial charge in [-0.15, -0.1) is 11.3 Å². The predicted molar refractivity (Wildman–Crippen MR) is 213 cm³/mol. The smallest absolute Gasteiger partial charge is 0.246 e. The number of aromatic nitrogens is 1. The van der Waals surface area contributed by atoms with Gasteiger partial charge >= 0.3 is 0 Å². The molecule has 2 aliphatic heterocycles. The van der Waals surface area contributed by atoms with Crippen LogP contribution in [0.5, 0.6) is 0 Å². The molecule has 310 valence electrons. The molecule has 3 amide bonds. The molecule has 0 radical (unpaired) electrons. The maximum absolute atomic E-state index is 14.1. The summed E-state index contributed by atoms with van der Waals surface area (Å²) in [6, 6.07) is 6.18. The Labute approximate surface area is 340 Å². The molecule has 5 atom stereocenters. The van der Waals surface area contributed by atoms with Crippen molar-refractivity contribution in [2.75, 3.05) is 6.54 Å². The number of hydrogen-bond donors (Lipinski definition) is 3. The third-order valence-electron chi connectivity index (χ3n) is 14.0. The molecule has 3 heterocycles. The monoisotopic (exact) mass is 804 g/mol. The van der Waals surface area contributed by atoms with E-state index in [9.17, 15) is 24.3 Å². The quantitative estimate of drug-likeness (QED) is 0.161. The molecule has 7 aliphatic rings. The van der Waals surface area contributed by atoms with Crippen molar-refractivity contribution < 1.29 is 38.8 Å². The average molecular weight is 805 g/mol. The number of likely N-dealkylation sites (tertiary alicyclic amines) is 1. The van der Waals surface area contributed by atoms with Crippen LogP contribution >= 0.6 is 11.3 Å². The lowest BCUT2D eigenvalue weighted by atomic mass is 9.46. The number of thiazole rings is 1. The minimum absolute atomic E-state index is 0.0158. The minimum atomic E-state index is -0.897. The molecule has 2 spiro atoms. The molecule has 7 fully saturated rings. The van der Waals surface area contributed by atoms with Crippen LogP contribution in [0.4, 0.5) is 0 Å². The summed E-state index contributed by atoms with van der Waals surface area (Å²) in [7, 11) is 0. The van der Waals surface area contributed by atoms with Gasteiger partial charge in [-0.05, 0) is 87.2 Å². The van der Waals surface area contributed by atoms with E-state index in [4.69, 9.17) is 14.5 Å². The molecule has 12 nitrogen and oxygen atoms in total. The Hall–Kier alpha value is -3.23. The topological polar surface area (TPSA) is 156 Å².